The molecule has 2 rings (SSSR count). The number of halogens is 1. The standard InChI is InChI=1S/C10H11F/c1-7-4-8-2-3-10(11)6-9(8)5-7/h2-3,6-7H,4-5H2,1H3/t7-/m1/s1. The molecular weight excluding hydrogens is 139 g/mol. The molecule has 1 aliphatic carbocycles. The third kappa shape index (κ3) is 1.15. The van der Waals surface area contributed by atoms with Crippen LogP contribution in [0.2, 0.25) is 0 Å². The van der Waals surface area contributed by atoms with Gasteiger partial charge in [0.15, 0.2) is 0 Å². The maximum absolute atomic E-state index is 12.7. The zero-order valence-electron chi connectivity index (χ0n) is 6.60. The van der Waals surface area contributed by atoms with E-state index in [-0.39, 0.29) is 5.82 Å². The maximum atomic E-state index is 12.7. The van der Waals surface area contributed by atoms with E-state index in [2.05, 4.69) is 6.92 Å². The summed E-state index contributed by atoms with van der Waals surface area (Å²) >= 11 is 0. The van der Waals surface area contributed by atoms with Crippen LogP contribution in [0.15, 0.2) is 18.2 Å². The van der Waals surface area contributed by atoms with E-state index in [1.165, 1.54) is 11.1 Å². The van der Waals surface area contributed by atoms with Gasteiger partial charge in [-0.1, -0.05) is 13.0 Å². The number of rotatable bonds is 0. The molecule has 0 radical (unpaired) electrons. The number of benzene rings is 1. The summed E-state index contributed by atoms with van der Waals surface area (Å²) in [6.45, 7) is 2.21. The Hall–Kier alpha value is -0.850. The van der Waals surface area contributed by atoms with Crippen LogP contribution in [0.25, 0.3) is 0 Å². The summed E-state index contributed by atoms with van der Waals surface area (Å²) in [4.78, 5) is 0. The van der Waals surface area contributed by atoms with Crippen molar-refractivity contribution < 1.29 is 4.39 Å². The average molecular weight is 150 g/mol. The van der Waals surface area contributed by atoms with Gasteiger partial charge in [-0.15, -0.1) is 0 Å². The molecule has 0 unspecified atom stereocenters. The van der Waals surface area contributed by atoms with E-state index in [0.717, 1.165) is 12.8 Å². The van der Waals surface area contributed by atoms with Crippen LogP contribution < -0.4 is 0 Å². The normalized spacial score (nSPS) is 21.8. The van der Waals surface area contributed by atoms with E-state index in [9.17, 15) is 4.39 Å². The smallest absolute Gasteiger partial charge is 0.123 e. The summed E-state index contributed by atoms with van der Waals surface area (Å²) < 4.78 is 12.7. The highest BCUT2D eigenvalue weighted by Crippen LogP contribution is 2.26. The summed E-state index contributed by atoms with van der Waals surface area (Å²) in [5.41, 5.74) is 2.54. The Morgan fingerprint density at radius 3 is 2.82 bits per heavy atom. The molecule has 0 spiro atoms. The van der Waals surface area contributed by atoms with Gasteiger partial charge in [-0.25, -0.2) is 4.39 Å². The molecule has 0 saturated carbocycles. The zero-order valence-corrected chi connectivity index (χ0v) is 6.60. The number of hydrogen-bond donors (Lipinski definition) is 0. The number of fused-ring (bicyclic) bond motifs is 1. The summed E-state index contributed by atoms with van der Waals surface area (Å²) in [6.07, 6.45) is 2.17. The first-order valence-corrected chi connectivity index (χ1v) is 4.03. The van der Waals surface area contributed by atoms with Gasteiger partial charge in [0.2, 0.25) is 0 Å². The van der Waals surface area contributed by atoms with Gasteiger partial charge in [0, 0.05) is 0 Å². The van der Waals surface area contributed by atoms with Crippen molar-refractivity contribution in [2.24, 2.45) is 5.92 Å². The van der Waals surface area contributed by atoms with Crippen molar-refractivity contribution in [2.45, 2.75) is 19.8 Å². The predicted octanol–water partition coefficient (Wildman–Crippen LogP) is 2.56. The Balaban J connectivity index is 2.43. The lowest BCUT2D eigenvalue weighted by Crippen LogP contribution is -1.89. The van der Waals surface area contributed by atoms with Crippen molar-refractivity contribution in [1.29, 1.82) is 0 Å². The first-order chi connectivity index (χ1) is 5.25. The fourth-order valence-corrected chi connectivity index (χ4v) is 1.81. The molecule has 11 heavy (non-hydrogen) atoms. The van der Waals surface area contributed by atoms with Crippen molar-refractivity contribution in [1.82, 2.24) is 0 Å². The van der Waals surface area contributed by atoms with Crippen LogP contribution in [0.4, 0.5) is 4.39 Å². The van der Waals surface area contributed by atoms with Gasteiger partial charge in [0.05, 0.1) is 0 Å². The van der Waals surface area contributed by atoms with E-state index in [0.29, 0.717) is 5.92 Å². The van der Waals surface area contributed by atoms with Crippen LogP contribution in [0.1, 0.15) is 18.1 Å². The molecule has 58 valence electrons. The van der Waals surface area contributed by atoms with Gasteiger partial charge in [0.1, 0.15) is 5.82 Å². The van der Waals surface area contributed by atoms with E-state index in [1.807, 2.05) is 6.07 Å². The Bertz CT molecular complexity index is 278. The van der Waals surface area contributed by atoms with Crippen LogP contribution in [-0.2, 0) is 12.8 Å². The minimum Gasteiger partial charge on any atom is -0.207 e. The summed E-state index contributed by atoms with van der Waals surface area (Å²) in [5.74, 6) is 0.602. The van der Waals surface area contributed by atoms with Gasteiger partial charge in [-0.2, -0.15) is 0 Å². The molecule has 0 bridgehead atoms. The Morgan fingerprint density at radius 1 is 1.27 bits per heavy atom. The molecule has 0 saturated heterocycles. The Morgan fingerprint density at radius 2 is 2.00 bits per heavy atom. The van der Waals surface area contributed by atoms with Crippen LogP contribution in [0.5, 0.6) is 0 Å². The topological polar surface area (TPSA) is 0 Å². The highest BCUT2D eigenvalue weighted by atomic mass is 19.1. The summed E-state index contributed by atoms with van der Waals surface area (Å²) in [7, 11) is 0. The molecule has 0 aliphatic heterocycles. The third-order valence-electron chi connectivity index (χ3n) is 2.31. The minimum absolute atomic E-state index is 0.0992. The highest BCUT2D eigenvalue weighted by Gasteiger charge is 2.17. The molecule has 1 aromatic rings. The van der Waals surface area contributed by atoms with Gasteiger partial charge in [-0.05, 0) is 42.0 Å². The zero-order chi connectivity index (χ0) is 7.84. The molecule has 1 aromatic carbocycles. The second kappa shape index (κ2) is 2.33. The van der Waals surface area contributed by atoms with E-state index >= 15 is 0 Å². The number of hydrogen-bond acceptors (Lipinski definition) is 0. The third-order valence-corrected chi connectivity index (χ3v) is 2.31. The average Bonchev–Trinajstić information content (AvgIpc) is 2.27. The Labute approximate surface area is 66.1 Å². The highest BCUT2D eigenvalue weighted by molar-refractivity contribution is 5.32. The van der Waals surface area contributed by atoms with E-state index in [4.69, 9.17) is 0 Å². The van der Waals surface area contributed by atoms with E-state index < -0.39 is 0 Å². The van der Waals surface area contributed by atoms with E-state index in [1.54, 1.807) is 12.1 Å². The first kappa shape index (κ1) is 6.84. The molecule has 0 nitrogen and oxygen atoms in total. The second-order valence-corrected chi connectivity index (χ2v) is 3.43. The SMILES string of the molecule is C[C@@H]1Cc2ccc(F)cc2C1. The lowest BCUT2D eigenvalue weighted by Gasteiger charge is -1.95. The van der Waals surface area contributed by atoms with Crippen molar-refractivity contribution in [2.75, 3.05) is 0 Å². The molecular formula is C10H11F. The molecule has 0 N–H and O–H groups in total. The van der Waals surface area contributed by atoms with Gasteiger partial charge >= 0.3 is 0 Å². The van der Waals surface area contributed by atoms with Gasteiger partial charge in [-0.3, -0.25) is 0 Å². The summed E-state index contributed by atoms with van der Waals surface area (Å²) in [6, 6.07) is 5.13. The maximum Gasteiger partial charge on any atom is 0.123 e. The van der Waals surface area contributed by atoms with Crippen molar-refractivity contribution in [3.63, 3.8) is 0 Å². The first-order valence-electron chi connectivity index (χ1n) is 4.03. The molecule has 1 heteroatoms. The van der Waals surface area contributed by atoms with Crippen LogP contribution in [0, 0.1) is 11.7 Å². The molecule has 0 heterocycles. The predicted molar refractivity (Wildman–Crippen MR) is 43.0 cm³/mol. The fraction of sp³-hybridized carbons (Fsp3) is 0.400. The van der Waals surface area contributed by atoms with Crippen molar-refractivity contribution in [3.05, 3.63) is 35.1 Å². The molecule has 1 atom stereocenters. The lowest BCUT2D eigenvalue weighted by atomic mass is 10.1. The quantitative estimate of drug-likeness (QED) is 0.533. The second-order valence-electron chi connectivity index (χ2n) is 3.43. The monoisotopic (exact) mass is 150 g/mol. The van der Waals surface area contributed by atoms with Crippen LogP contribution in [-0.4, -0.2) is 0 Å². The minimum atomic E-state index is -0.0992. The Kier molecular flexibility index (Phi) is 1.45. The van der Waals surface area contributed by atoms with Crippen molar-refractivity contribution in [3.8, 4) is 0 Å². The molecule has 0 fully saturated rings. The largest absolute Gasteiger partial charge is 0.207 e. The van der Waals surface area contributed by atoms with Gasteiger partial charge in [0.25, 0.3) is 0 Å². The lowest BCUT2D eigenvalue weighted by molar-refractivity contribution is 0.618. The molecule has 1 aliphatic rings. The van der Waals surface area contributed by atoms with Crippen molar-refractivity contribution >= 4 is 0 Å². The fourth-order valence-electron chi connectivity index (χ4n) is 1.81. The summed E-state index contributed by atoms with van der Waals surface area (Å²) in [5, 5.41) is 0. The van der Waals surface area contributed by atoms with Gasteiger partial charge < -0.3 is 0 Å². The van der Waals surface area contributed by atoms with Crippen LogP contribution in [0.3, 0.4) is 0 Å². The molecule has 0 aromatic heterocycles. The van der Waals surface area contributed by atoms with Crippen LogP contribution >= 0.6 is 0 Å². The molecule has 0 amide bonds.